The summed E-state index contributed by atoms with van der Waals surface area (Å²) in [4.78, 5) is 12.1. The Morgan fingerprint density at radius 1 is 1.09 bits per heavy atom. The van der Waals surface area contributed by atoms with Gasteiger partial charge >= 0.3 is 5.97 Å². The van der Waals surface area contributed by atoms with Crippen LogP contribution in [0.2, 0.25) is 0 Å². The molecule has 0 saturated heterocycles. The Morgan fingerprint density at radius 3 is 2.36 bits per heavy atom. The van der Waals surface area contributed by atoms with Crippen LogP contribution in [-0.2, 0) is 14.0 Å². The van der Waals surface area contributed by atoms with Crippen molar-refractivity contribution in [2.45, 2.75) is 27.7 Å². The van der Waals surface area contributed by atoms with Crippen LogP contribution in [-0.4, -0.2) is 32.0 Å². The molecule has 0 radical (unpaired) electrons. The van der Waals surface area contributed by atoms with E-state index in [-0.39, 0.29) is 5.92 Å². The first-order valence-electron chi connectivity index (χ1n) is 7.79. The van der Waals surface area contributed by atoms with Crippen LogP contribution in [0.1, 0.15) is 38.1 Å². The second-order valence-corrected chi connectivity index (χ2v) is 8.06. The quantitative estimate of drug-likeness (QED) is 0.397. The molecule has 22 heavy (non-hydrogen) atoms. The van der Waals surface area contributed by atoms with Gasteiger partial charge in [0.2, 0.25) is 0 Å². The van der Waals surface area contributed by atoms with Crippen molar-refractivity contribution >= 4 is 19.1 Å². The van der Waals surface area contributed by atoms with Crippen LogP contribution < -0.4 is 5.30 Å². The highest BCUT2D eigenvalue weighted by molar-refractivity contribution is 7.53. The summed E-state index contributed by atoms with van der Waals surface area (Å²) in [6.45, 7) is 9.58. The first kappa shape index (κ1) is 18.9. The normalized spacial score (nSPS) is 12.6. The summed E-state index contributed by atoms with van der Waals surface area (Å²) in [5, 5.41) is 0.592. The molecule has 1 rings (SSSR count). The lowest BCUT2D eigenvalue weighted by molar-refractivity contribution is 0.0460. The lowest BCUT2D eigenvalue weighted by Gasteiger charge is -2.11. The van der Waals surface area contributed by atoms with Crippen molar-refractivity contribution in [3.05, 3.63) is 29.8 Å². The Morgan fingerprint density at radius 2 is 1.73 bits per heavy atom. The van der Waals surface area contributed by atoms with Gasteiger partial charge < -0.3 is 14.0 Å². The maximum Gasteiger partial charge on any atom is 0.338 e. The predicted molar refractivity (Wildman–Crippen MR) is 90.7 cm³/mol. The van der Waals surface area contributed by atoms with Crippen molar-refractivity contribution in [1.29, 1.82) is 0 Å². The number of carbonyl (C=O) groups is 1. The van der Waals surface area contributed by atoms with Crippen LogP contribution in [0.3, 0.4) is 0 Å². The number of esters is 1. The molecule has 1 unspecified atom stereocenters. The number of benzene rings is 1. The van der Waals surface area contributed by atoms with Crippen molar-refractivity contribution < 1.29 is 18.8 Å². The SMILES string of the molecule is CC(C)COCC[PH](=O)c1ccccc1C(=O)OCC(C)C. The standard InChI is InChI=1S/C17H27O4P/c1-13(2)11-20-9-10-22(19)16-8-6-5-7-15(16)17(18)21-12-14(3)4/h5-8,13-14,22H,9-12H2,1-4H3. The van der Waals surface area contributed by atoms with E-state index in [2.05, 4.69) is 13.8 Å². The van der Waals surface area contributed by atoms with Crippen molar-refractivity contribution in [1.82, 2.24) is 0 Å². The minimum absolute atomic E-state index is 0.276. The van der Waals surface area contributed by atoms with Crippen molar-refractivity contribution in [3.63, 3.8) is 0 Å². The molecule has 0 saturated carbocycles. The fourth-order valence-corrected chi connectivity index (χ4v) is 3.21. The average molecular weight is 326 g/mol. The van der Waals surface area contributed by atoms with Gasteiger partial charge in [-0.1, -0.05) is 45.9 Å². The molecule has 124 valence electrons. The topological polar surface area (TPSA) is 52.6 Å². The van der Waals surface area contributed by atoms with Crippen molar-refractivity contribution in [2.75, 3.05) is 26.0 Å². The molecular formula is C17H27O4P. The van der Waals surface area contributed by atoms with E-state index in [1.807, 2.05) is 13.8 Å². The Bertz CT molecular complexity index is 497. The molecule has 1 aromatic rings. The third-order valence-electron chi connectivity index (χ3n) is 2.92. The van der Waals surface area contributed by atoms with Gasteiger partial charge in [-0.05, 0) is 17.9 Å². The van der Waals surface area contributed by atoms with E-state index < -0.39 is 13.8 Å². The molecule has 0 fully saturated rings. The summed E-state index contributed by atoms with van der Waals surface area (Å²) in [6.07, 6.45) is 0.450. The van der Waals surface area contributed by atoms with E-state index in [0.717, 1.165) is 0 Å². The van der Waals surface area contributed by atoms with Crippen LogP contribution in [0.4, 0.5) is 0 Å². The zero-order chi connectivity index (χ0) is 16.5. The van der Waals surface area contributed by atoms with Crippen LogP contribution >= 0.6 is 7.80 Å². The lowest BCUT2D eigenvalue weighted by Crippen LogP contribution is -2.18. The van der Waals surface area contributed by atoms with Crippen LogP contribution in [0.15, 0.2) is 24.3 Å². The van der Waals surface area contributed by atoms with E-state index in [1.54, 1.807) is 24.3 Å². The number of rotatable bonds is 9. The van der Waals surface area contributed by atoms with Crippen LogP contribution in [0, 0.1) is 11.8 Å². The first-order chi connectivity index (χ1) is 10.4. The third-order valence-corrected chi connectivity index (χ3v) is 4.61. The van der Waals surface area contributed by atoms with Gasteiger partial charge in [0.15, 0.2) is 0 Å². The molecule has 0 heterocycles. The zero-order valence-electron chi connectivity index (χ0n) is 13.9. The molecular weight excluding hydrogens is 299 g/mol. The van der Waals surface area contributed by atoms with Gasteiger partial charge in [0.1, 0.15) is 7.80 Å². The highest BCUT2D eigenvalue weighted by Crippen LogP contribution is 2.22. The monoisotopic (exact) mass is 326 g/mol. The van der Waals surface area contributed by atoms with E-state index in [0.29, 0.717) is 42.8 Å². The van der Waals surface area contributed by atoms with Crippen LogP contribution in [0.25, 0.3) is 0 Å². The summed E-state index contributed by atoms with van der Waals surface area (Å²) in [5.41, 5.74) is 0.413. The van der Waals surface area contributed by atoms with Crippen LogP contribution in [0.5, 0.6) is 0 Å². The molecule has 0 spiro atoms. The summed E-state index contributed by atoms with van der Waals surface area (Å²) in [7, 11) is -2.05. The molecule has 0 aliphatic carbocycles. The van der Waals surface area contributed by atoms with E-state index in [9.17, 15) is 9.36 Å². The average Bonchev–Trinajstić information content (AvgIpc) is 2.48. The molecule has 0 N–H and O–H groups in total. The Labute approximate surface area is 134 Å². The number of ether oxygens (including phenoxy) is 2. The molecule has 1 atom stereocenters. The number of hydrogen-bond donors (Lipinski definition) is 0. The molecule has 4 nitrogen and oxygen atoms in total. The molecule has 0 bridgehead atoms. The van der Waals surface area contributed by atoms with E-state index >= 15 is 0 Å². The highest BCUT2D eigenvalue weighted by Gasteiger charge is 2.16. The summed E-state index contributed by atoms with van der Waals surface area (Å²) < 4.78 is 23.2. The second-order valence-electron chi connectivity index (χ2n) is 6.18. The summed E-state index contributed by atoms with van der Waals surface area (Å²) in [5.74, 6) is 0.337. The molecule has 0 aliphatic rings. The van der Waals surface area contributed by atoms with Gasteiger partial charge in [-0.25, -0.2) is 4.79 Å². The summed E-state index contributed by atoms with van der Waals surface area (Å²) >= 11 is 0. The molecule has 0 aliphatic heterocycles. The van der Waals surface area contributed by atoms with Gasteiger partial charge in [-0.3, -0.25) is 0 Å². The maximum atomic E-state index is 12.5. The van der Waals surface area contributed by atoms with E-state index in [4.69, 9.17) is 9.47 Å². The van der Waals surface area contributed by atoms with Gasteiger partial charge in [0, 0.05) is 18.1 Å². The fraction of sp³-hybridized carbons (Fsp3) is 0.588. The smallest absolute Gasteiger partial charge is 0.338 e. The van der Waals surface area contributed by atoms with Gasteiger partial charge in [-0.2, -0.15) is 0 Å². The minimum Gasteiger partial charge on any atom is -0.462 e. The fourth-order valence-electron chi connectivity index (χ4n) is 1.84. The highest BCUT2D eigenvalue weighted by atomic mass is 31.1. The van der Waals surface area contributed by atoms with E-state index in [1.165, 1.54) is 0 Å². The first-order valence-corrected chi connectivity index (χ1v) is 9.40. The number of carbonyl (C=O) groups excluding carboxylic acids is 1. The summed E-state index contributed by atoms with van der Waals surface area (Å²) in [6, 6.07) is 6.98. The molecule has 0 amide bonds. The van der Waals surface area contributed by atoms with Gasteiger partial charge in [0.05, 0.1) is 18.8 Å². The molecule has 0 aromatic heterocycles. The van der Waals surface area contributed by atoms with Gasteiger partial charge in [0.25, 0.3) is 0 Å². The van der Waals surface area contributed by atoms with Crippen molar-refractivity contribution in [2.24, 2.45) is 11.8 Å². The Balaban J connectivity index is 2.66. The number of hydrogen-bond acceptors (Lipinski definition) is 4. The Kier molecular flexibility index (Phi) is 8.44. The third kappa shape index (κ3) is 6.76. The van der Waals surface area contributed by atoms with Gasteiger partial charge in [-0.15, -0.1) is 0 Å². The van der Waals surface area contributed by atoms with Crippen molar-refractivity contribution in [3.8, 4) is 0 Å². The predicted octanol–water partition coefficient (Wildman–Crippen LogP) is 3.36. The lowest BCUT2D eigenvalue weighted by atomic mass is 10.2. The maximum absolute atomic E-state index is 12.5. The Hall–Kier alpha value is -1.12. The largest absolute Gasteiger partial charge is 0.462 e. The second kappa shape index (κ2) is 9.81. The molecule has 5 heteroatoms. The molecule has 1 aromatic carbocycles. The zero-order valence-corrected chi connectivity index (χ0v) is 14.9. The minimum atomic E-state index is -2.05.